The molecule has 0 bridgehead atoms. The van der Waals surface area contributed by atoms with Crippen LogP contribution in [0, 0.1) is 5.82 Å². The van der Waals surface area contributed by atoms with Crippen LogP contribution in [0.3, 0.4) is 0 Å². The zero-order valence-electron chi connectivity index (χ0n) is 10.5. The number of hydrogen-bond acceptors (Lipinski definition) is 1. The molecule has 0 spiro atoms. The zero-order chi connectivity index (χ0) is 13.8. The Hall–Kier alpha value is -0.420. The Bertz CT molecular complexity index is 463. The fourth-order valence-corrected chi connectivity index (χ4v) is 2.78. The normalized spacial score (nSPS) is 15.1. The summed E-state index contributed by atoms with van der Waals surface area (Å²) in [6.45, 7) is 0.685. The summed E-state index contributed by atoms with van der Waals surface area (Å²) in [6.07, 6.45) is 4.12. The summed E-state index contributed by atoms with van der Waals surface area (Å²) < 4.78 is 14.5. The molecule has 2 nitrogen and oxygen atoms in total. The summed E-state index contributed by atoms with van der Waals surface area (Å²) in [7, 11) is 0. The number of hydrogen-bond donors (Lipinski definition) is 0. The number of rotatable bonds is 5. The third-order valence-corrected chi connectivity index (χ3v) is 4.52. The van der Waals surface area contributed by atoms with Crippen molar-refractivity contribution in [3.63, 3.8) is 0 Å². The standard InChI is InChI=1S/C14H16Br2FNO/c15-7-2-8-18(11-3-1-4-11)14(19)12-6-5-10(16)9-13(12)17/h5-6,9,11H,1-4,7-8H2. The number of halogens is 3. The van der Waals surface area contributed by atoms with Gasteiger partial charge in [-0.1, -0.05) is 31.9 Å². The lowest BCUT2D eigenvalue weighted by Gasteiger charge is -2.37. The predicted octanol–water partition coefficient (Wildman–Crippen LogP) is 4.37. The minimum absolute atomic E-state index is 0.171. The molecule has 1 amide bonds. The smallest absolute Gasteiger partial charge is 0.257 e. The van der Waals surface area contributed by atoms with Crippen molar-refractivity contribution in [2.75, 3.05) is 11.9 Å². The lowest BCUT2D eigenvalue weighted by atomic mass is 9.90. The van der Waals surface area contributed by atoms with Crippen LogP contribution in [0.2, 0.25) is 0 Å². The van der Waals surface area contributed by atoms with Gasteiger partial charge in [-0.05, 0) is 43.9 Å². The molecule has 2 rings (SSSR count). The van der Waals surface area contributed by atoms with Gasteiger partial charge in [0.1, 0.15) is 5.82 Å². The van der Waals surface area contributed by atoms with Gasteiger partial charge in [0.05, 0.1) is 5.56 Å². The van der Waals surface area contributed by atoms with Crippen molar-refractivity contribution in [2.45, 2.75) is 31.7 Å². The average molecular weight is 393 g/mol. The molecule has 1 aliphatic rings. The third-order valence-electron chi connectivity index (χ3n) is 3.47. The molecule has 19 heavy (non-hydrogen) atoms. The lowest BCUT2D eigenvalue weighted by Crippen LogP contribution is -2.45. The van der Waals surface area contributed by atoms with E-state index in [-0.39, 0.29) is 17.5 Å². The van der Waals surface area contributed by atoms with Gasteiger partial charge >= 0.3 is 0 Å². The Morgan fingerprint density at radius 1 is 1.42 bits per heavy atom. The van der Waals surface area contributed by atoms with Gasteiger partial charge in [-0.3, -0.25) is 4.79 Å². The predicted molar refractivity (Wildman–Crippen MR) is 81.2 cm³/mol. The van der Waals surface area contributed by atoms with E-state index in [9.17, 15) is 9.18 Å². The Morgan fingerprint density at radius 2 is 2.16 bits per heavy atom. The van der Waals surface area contributed by atoms with Gasteiger partial charge in [0.15, 0.2) is 0 Å². The van der Waals surface area contributed by atoms with Crippen molar-refractivity contribution in [3.05, 3.63) is 34.1 Å². The van der Waals surface area contributed by atoms with E-state index in [1.165, 1.54) is 6.07 Å². The number of alkyl halides is 1. The van der Waals surface area contributed by atoms with Gasteiger partial charge in [0, 0.05) is 22.4 Å². The van der Waals surface area contributed by atoms with Crippen LogP contribution < -0.4 is 0 Å². The van der Waals surface area contributed by atoms with E-state index >= 15 is 0 Å². The van der Waals surface area contributed by atoms with E-state index in [1.54, 1.807) is 12.1 Å². The number of nitrogens with zero attached hydrogens (tertiary/aromatic N) is 1. The molecule has 1 aromatic carbocycles. The molecule has 0 radical (unpaired) electrons. The van der Waals surface area contributed by atoms with E-state index in [0.717, 1.165) is 31.0 Å². The molecule has 0 heterocycles. The molecule has 0 atom stereocenters. The summed E-state index contributed by atoms with van der Waals surface area (Å²) in [6, 6.07) is 4.90. The fraction of sp³-hybridized carbons (Fsp3) is 0.500. The Labute approximate surface area is 129 Å². The highest BCUT2D eigenvalue weighted by Crippen LogP contribution is 2.27. The third kappa shape index (κ3) is 3.57. The van der Waals surface area contributed by atoms with Crippen LogP contribution in [0.15, 0.2) is 22.7 Å². The molecule has 1 fully saturated rings. The van der Waals surface area contributed by atoms with Crippen LogP contribution in [0.1, 0.15) is 36.0 Å². The number of amides is 1. The maximum absolute atomic E-state index is 13.9. The van der Waals surface area contributed by atoms with Crippen molar-refractivity contribution < 1.29 is 9.18 Å². The van der Waals surface area contributed by atoms with Gasteiger partial charge in [-0.25, -0.2) is 4.39 Å². The number of carbonyl (C=O) groups excluding carboxylic acids is 1. The molecule has 1 saturated carbocycles. The van der Waals surface area contributed by atoms with Crippen molar-refractivity contribution in [2.24, 2.45) is 0 Å². The van der Waals surface area contributed by atoms with Crippen LogP contribution >= 0.6 is 31.9 Å². The second-order valence-corrected chi connectivity index (χ2v) is 6.46. The zero-order valence-corrected chi connectivity index (χ0v) is 13.7. The molecule has 0 N–H and O–H groups in total. The highest BCUT2D eigenvalue weighted by Gasteiger charge is 2.30. The van der Waals surface area contributed by atoms with Crippen LogP contribution in [0.25, 0.3) is 0 Å². The second kappa shape index (κ2) is 6.84. The van der Waals surface area contributed by atoms with E-state index < -0.39 is 5.82 Å². The van der Waals surface area contributed by atoms with Crippen LogP contribution in [-0.4, -0.2) is 28.7 Å². The molecular weight excluding hydrogens is 377 g/mol. The SMILES string of the molecule is O=C(c1ccc(Br)cc1F)N(CCCBr)C1CCC1. The molecule has 5 heteroatoms. The Kier molecular flexibility index (Phi) is 5.39. The van der Waals surface area contributed by atoms with Crippen molar-refractivity contribution in [1.29, 1.82) is 0 Å². The average Bonchev–Trinajstić information content (AvgIpc) is 2.31. The molecule has 0 aliphatic heterocycles. The molecule has 104 valence electrons. The number of carbonyl (C=O) groups is 1. The van der Waals surface area contributed by atoms with E-state index in [4.69, 9.17) is 0 Å². The summed E-state index contributed by atoms with van der Waals surface area (Å²) >= 11 is 6.59. The van der Waals surface area contributed by atoms with Crippen molar-refractivity contribution in [1.82, 2.24) is 4.90 Å². The summed E-state index contributed by atoms with van der Waals surface area (Å²) in [5.41, 5.74) is 0.171. The lowest BCUT2D eigenvalue weighted by molar-refractivity contribution is 0.0576. The van der Waals surface area contributed by atoms with Crippen LogP contribution in [-0.2, 0) is 0 Å². The van der Waals surface area contributed by atoms with Crippen molar-refractivity contribution >= 4 is 37.8 Å². The van der Waals surface area contributed by atoms with Gasteiger partial charge in [0.2, 0.25) is 0 Å². The first kappa shape index (κ1) is 15.0. The molecule has 0 aromatic heterocycles. The van der Waals surface area contributed by atoms with Gasteiger partial charge < -0.3 is 4.90 Å². The van der Waals surface area contributed by atoms with Gasteiger partial charge in [-0.15, -0.1) is 0 Å². The monoisotopic (exact) mass is 391 g/mol. The van der Waals surface area contributed by atoms with Gasteiger partial charge in [-0.2, -0.15) is 0 Å². The minimum atomic E-state index is -0.456. The minimum Gasteiger partial charge on any atom is -0.336 e. The molecule has 0 saturated heterocycles. The quantitative estimate of drug-likeness (QED) is 0.681. The van der Waals surface area contributed by atoms with Gasteiger partial charge in [0.25, 0.3) is 5.91 Å². The van der Waals surface area contributed by atoms with E-state index in [0.29, 0.717) is 11.0 Å². The maximum atomic E-state index is 13.9. The summed E-state index contributed by atoms with van der Waals surface area (Å²) in [5, 5.41) is 0.853. The molecular formula is C14H16Br2FNO. The van der Waals surface area contributed by atoms with Crippen molar-refractivity contribution in [3.8, 4) is 0 Å². The number of benzene rings is 1. The fourth-order valence-electron chi connectivity index (χ4n) is 2.20. The maximum Gasteiger partial charge on any atom is 0.257 e. The summed E-state index contributed by atoms with van der Waals surface area (Å²) in [4.78, 5) is 14.3. The molecule has 1 aromatic rings. The highest BCUT2D eigenvalue weighted by atomic mass is 79.9. The highest BCUT2D eigenvalue weighted by molar-refractivity contribution is 9.10. The van der Waals surface area contributed by atoms with Crippen LogP contribution in [0.4, 0.5) is 4.39 Å². The first-order valence-corrected chi connectivity index (χ1v) is 8.37. The largest absolute Gasteiger partial charge is 0.336 e. The Morgan fingerprint density at radius 3 is 2.68 bits per heavy atom. The Balaban J connectivity index is 2.17. The first-order valence-electron chi connectivity index (χ1n) is 6.45. The van der Waals surface area contributed by atoms with Crippen LogP contribution in [0.5, 0.6) is 0 Å². The first-order chi connectivity index (χ1) is 9.13. The van der Waals surface area contributed by atoms with E-state index in [1.807, 2.05) is 4.90 Å². The molecule has 0 unspecified atom stereocenters. The van der Waals surface area contributed by atoms with E-state index in [2.05, 4.69) is 31.9 Å². The molecule has 1 aliphatic carbocycles. The topological polar surface area (TPSA) is 20.3 Å². The summed E-state index contributed by atoms with van der Waals surface area (Å²) in [5.74, 6) is -0.641. The second-order valence-electron chi connectivity index (χ2n) is 4.75.